The highest BCUT2D eigenvalue weighted by Crippen LogP contribution is 2.31. The Balaban J connectivity index is 1.70. The van der Waals surface area contributed by atoms with Crippen molar-refractivity contribution in [2.24, 2.45) is 0 Å². The number of halogens is 1. The predicted molar refractivity (Wildman–Crippen MR) is 102 cm³/mol. The minimum absolute atomic E-state index is 0.716. The molecule has 4 aromatic rings. The van der Waals surface area contributed by atoms with Gasteiger partial charge in [0.05, 0.1) is 5.69 Å². The van der Waals surface area contributed by atoms with Crippen molar-refractivity contribution < 1.29 is 4.42 Å². The Morgan fingerprint density at radius 3 is 2.40 bits per heavy atom. The third kappa shape index (κ3) is 2.99. The summed E-state index contributed by atoms with van der Waals surface area (Å²) in [4.78, 5) is 8.04. The molecule has 2 heterocycles. The van der Waals surface area contributed by atoms with Crippen molar-refractivity contribution in [3.8, 4) is 34.2 Å². The Kier molecular flexibility index (Phi) is 3.94. The van der Waals surface area contributed by atoms with E-state index < -0.39 is 0 Å². The lowest BCUT2D eigenvalue weighted by atomic mass is 10.1. The summed E-state index contributed by atoms with van der Waals surface area (Å²) < 4.78 is 6.02. The average Bonchev–Trinajstić information content (AvgIpc) is 3.25. The Hall–Kier alpha value is -2.78. The zero-order valence-corrected chi connectivity index (χ0v) is 14.8. The molecule has 0 saturated heterocycles. The van der Waals surface area contributed by atoms with E-state index in [4.69, 9.17) is 21.0 Å². The second-order valence-corrected chi connectivity index (χ2v) is 6.46. The second-order valence-electron chi connectivity index (χ2n) is 6.05. The fourth-order valence-corrected chi connectivity index (χ4v) is 2.99. The molecule has 124 valence electrons. The topological polar surface area (TPSA) is 41.8 Å². The summed E-state index contributed by atoms with van der Waals surface area (Å²) in [5.41, 5.74) is 5.07. The van der Waals surface area contributed by atoms with Gasteiger partial charge in [0.2, 0.25) is 0 Å². The quantitative estimate of drug-likeness (QED) is 0.473. The maximum absolute atomic E-state index is 6.10. The van der Waals surface area contributed by atoms with Crippen LogP contribution in [0.5, 0.6) is 0 Å². The van der Waals surface area contributed by atoms with Gasteiger partial charge in [0.25, 0.3) is 0 Å². The van der Waals surface area contributed by atoms with Gasteiger partial charge in [0, 0.05) is 21.8 Å². The zero-order valence-electron chi connectivity index (χ0n) is 14.0. The highest BCUT2D eigenvalue weighted by atomic mass is 35.5. The molecule has 0 aliphatic heterocycles. The van der Waals surface area contributed by atoms with Crippen LogP contribution < -0.4 is 0 Å². The van der Waals surface area contributed by atoms with E-state index >= 15 is 0 Å². The van der Waals surface area contributed by atoms with Crippen molar-refractivity contribution >= 4 is 11.6 Å². The Morgan fingerprint density at radius 2 is 1.64 bits per heavy atom. The second kappa shape index (κ2) is 6.26. The first-order valence-electron chi connectivity index (χ1n) is 8.10. The van der Waals surface area contributed by atoms with Crippen molar-refractivity contribution in [1.29, 1.82) is 0 Å². The number of nitrogens with one attached hydrogen (secondary N) is 1. The molecule has 1 N–H and O–H groups in total. The Labute approximate surface area is 151 Å². The number of aromatic amines is 1. The summed E-state index contributed by atoms with van der Waals surface area (Å²) >= 11 is 6.10. The molecule has 0 spiro atoms. The average molecular weight is 349 g/mol. The van der Waals surface area contributed by atoms with Gasteiger partial charge in [0.1, 0.15) is 5.76 Å². The fraction of sp³-hybridized carbons (Fsp3) is 0.0952. The van der Waals surface area contributed by atoms with Crippen LogP contribution in [-0.4, -0.2) is 9.97 Å². The van der Waals surface area contributed by atoms with Crippen molar-refractivity contribution in [3.63, 3.8) is 0 Å². The normalized spacial score (nSPS) is 11.0. The Bertz CT molecular complexity index is 1030. The van der Waals surface area contributed by atoms with Gasteiger partial charge in [-0.25, -0.2) is 4.98 Å². The first-order chi connectivity index (χ1) is 12.1. The van der Waals surface area contributed by atoms with Crippen molar-refractivity contribution in [3.05, 3.63) is 76.9 Å². The lowest BCUT2D eigenvalue weighted by molar-refractivity contribution is 0.593. The number of aromatic nitrogens is 2. The van der Waals surface area contributed by atoms with Crippen LogP contribution >= 0.6 is 11.6 Å². The summed E-state index contributed by atoms with van der Waals surface area (Å²) in [5, 5.41) is 0.754. The lowest BCUT2D eigenvalue weighted by Gasteiger charge is -2.01. The van der Waals surface area contributed by atoms with Crippen LogP contribution in [0.15, 0.2) is 65.1 Å². The zero-order chi connectivity index (χ0) is 17.4. The van der Waals surface area contributed by atoms with Gasteiger partial charge in [0.15, 0.2) is 11.6 Å². The molecule has 0 atom stereocenters. The molecule has 25 heavy (non-hydrogen) atoms. The minimum Gasteiger partial charge on any atom is -0.453 e. The summed E-state index contributed by atoms with van der Waals surface area (Å²) in [6.45, 7) is 4.00. The van der Waals surface area contributed by atoms with E-state index in [2.05, 4.69) is 17.1 Å². The minimum atomic E-state index is 0.716. The van der Waals surface area contributed by atoms with Crippen molar-refractivity contribution in [2.75, 3.05) is 0 Å². The van der Waals surface area contributed by atoms with Gasteiger partial charge >= 0.3 is 0 Å². The monoisotopic (exact) mass is 348 g/mol. The molecule has 4 heteroatoms. The lowest BCUT2D eigenvalue weighted by Crippen LogP contribution is -1.80. The highest BCUT2D eigenvalue weighted by molar-refractivity contribution is 6.31. The molecule has 3 nitrogen and oxygen atoms in total. The van der Waals surface area contributed by atoms with E-state index in [-0.39, 0.29) is 0 Å². The molecule has 0 saturated carbocycles. The van der Waals surface area contributed by atoms with Gasteiger partial charge in [-0.05, 0) is 49.7 Å². The number of H-pyrrole nitrogens is 1. The van der Waals surface area contributed by atoms with E-state index in [1.54, 1.807) is 0 Å². The molecule has 4 rings (SSSR count). The van der Waals surface area contributed by atoms with Crippen molar-refractivity contribution in [2.45, 2.75) is 13.8 Å². The van der Waals surface area contributed by atoms with E-state index in [0.29, 0.717) is 5.76 Å². The van der Waals surface area contributed by atoms with Crippen LogP contribution in [0.3, 0.4) is 0 Å². The summed E-state index contributed by atoms with van der Waals surface area (Å²) in [7, 11) is 0. The molecule has 2 aromatic heterocycles. The van der Waals surface area contributed by atoms with E-state index in [9.17, 15) is 0 Å². The Morgan fingerprint density at radius 1 is 0.880 bits per heavy atom. The number of aryl methyl sites for hydroxylation is 2. The van der Waals surface area contributed by atoms with Gasteiger partial charge in [-0.15, -0.1) is 0 Å². The van der Waals surface area contributed by atoms with Gasteiger partial charge < -0.3 is 9.40 Å². The first kappa shape index (κ1) is 15.7. The van der Waals surface area contributed by atoms with Crippen LogP contribution in [0.1, 0.15) is 11.3 Å². The summed E-state index contributed by atoms with van der Waals surface area (Å²) in [6.07, 6.45) is 0. The van der Waals surface area contributed by atoms with Crippen LogP contribution in [0, 0.1) is 13.8 Å². The molecule has 0 fully saturated rings. The van der Waals surface area contributed by atoms with Gasteiger partial charge in [-0.1, -0.05) is 41.9 Å². The number of rotatable bonds is 3. The molecule has 0 radical (unpaired) electrons. The third-order valence-electron chi connectivity index (χ3n) is 4.21. The van der Waals surface area contributed by atoms with Gasteiger partial charge in [-0.3, -0.25) is 0 Å². The van der Waals surface area contributed by atoms with Crippen LogP contribution in [0.25, 0.3) is 34.2 Å². The van der Waals surface area contributed by atoms with Gasteiger partial charge in [-0.2, -0.15) is 0 Å². The number of hydrogen-bond donors (Lipinski definition) is 1. The number of hydrogen-bond acceptors (Lipinski definition) is 2. The van der Waals surface area contributed by atoms with E-state index in [1.165, 1.54) is 0 Å². The van der Waals surface area contributed by atoms with Crippen LogP contribution in [0.4, 0.5) is 0 Å². The maximum atomic E-state index is 6.10. The summed E-state index contributed by atoms with van der Waals surface area (Å²) in [6, 6.07) is 19.9. The van der Waals surface area contributed by atoms with Crippen LogP contribution in [-0.2, 0) is 0 Å². The molecule has 0 bridgehead atoms. The van der Waals surface area contributed by atoms with Crippen molar-refractivity contribution in [1.82, 2.24) is 9.97 Å². The number of furan rings is 1. The number of imidazole rings is 1. The molecule has 0 unspecified atom stereocenters. The first-order valence-corrected chi connectivity index (χ1v) is 8.48. The number of nitrogens with zero attached hydrogens (tertiary/aromatic N) is 1. The largest absolute Gasteiger partial charge is 0.453 e. The maximum Gasteiger partial charge on any atom is 0.174 e. The third-order valence-corrected chi connectivity index (χ3v) is 4.64. The molecular weight excluding hydrogens is 332 g/mol. The van der Waals surface area contributed by atoms with E-state index in [1.807, 2.05) is 62.4 Å². The summed E-state index contributed by atoms with van der Waals surface area (Å²) in [5.74, 6) is 2.24. The highest BCUT2D eigenvalue weighted by Gasteiger charge is 2.14. The standard InChI is InChI=1S/C21H17ClN2O/c1-13-12-16(8-9-17(13)22)18-10-11-19(25-18)21-23-14(2)20(24-21)15-6-4-3-5-7-15/h3-12H,1-2H3,(H,23,24). The predicted octanol–water partition coefficient (Wildman–Crippen LogP) is 6.27. The molecule has 0 aliphatic rings. The molecule has 0 aliphatic carbocycles. The molecular formula is C21H17ClN2O. The SMILES string of the molecule is Cc1cc(-c2ccc(-c3nc(-c4ccccc4)c(C)[nH]3)o2)ccc1Cl. The molecule has 0 amide bonds. The smallest absolute Gasteiger partial charge is 0.174 e. The van der Waals surface area contributed by atoms with Crippen LogP contribution in [0.2, 0.25) is 5.02 Å². The fourth-order valence-electron chi connectivity index (χ4n) is 2.87. The van der Waals surface area contributed by atoms with E-state index in [0.717, 1.165) is 44.7 Å². The molecule has 2 aromatic carbocycles. The number of benzene rings is 2.